The number of rotatable bonds is 5. The quantitative estimate of drug-likeness (QED) is 0.757. The first-order chi connectivity index (χ1) is 11.2. The second-order valence-corrected chi connectivity index (χ2v) is 7.21. The molecule has 1 aromatic rings. The number of hydrogen-bond donors (Lipinski definition) is 2. The van der Waals surface area contributed by atoms with Crippen LogP contribution in [0.4, 0.5) is 5.69 Å². The molecule has 1 aliphatic heterocycles. The number of carbonyl (C=O) groups is 2. The van der Waals surface area contributed by atoms with Crippen molar-refractivity contribution < 1.29 is 27.9 Å². The summed E-state index contributed by atoms with van der Waals surface area (Å²) in [7, 11) is -3.98. The summed E-state index contributed by atoms with van der Waals surface area (Å²) >= 11 is 0. The molecule has 0 spiro atoms. The third-order valence-corrected chi connectivity index (χ3v) is 5.41. The van der Waals surface area contributed by atoms with E-state index in [1.807, 2.05) is 11.6 Å². The van der Waals surface area contributed by atoms with Crippen molar-refractivity contribution >= 4 is 27.8 Å². The van der Waals surface area contributed by atoms with E-state index in [1.54, 1.807) is 19.9 Å². The Bertz CT molecular complexity index is 761. The fourth-order valence-corrected chi connectivity index (χ4v) is 3.63. The molecule has 0 saturated carbocycles. The van der Waals surface area contributed by atoms with Crippen LogP contribution in [0, 0.1) is 5.92 Å². The summed E-state index contributed by atoms with van der Waals surface area (Å²) in [5, 5.41) is 10.2. The van der Waals surface area contributed by atoms with E-state index in [0.717, 1.165) is 4.31 Å². The van der Waals surface area contributed by atoms with Crippen LogP contribution in [0.15, 0.2) is 18.2 Å². The van der Waals surface area contributed by atoms with Gasteiger partial charge in [0.2, 0.25) is 0 Å². The molecule has 0 aromatic heterocycles. The molecular formula is C15H20N2O6S. The summed E-state index contributed by atoms with van der Waals surface area (Å²) in [6, 6.07) is 4.43. The molecule has 1 aliphatic rings. The van der Waals surface area contributed by atoms with Gasteiger partial charge in [-0.2, -0.15) is 8.42 Å². The molecule has 2 atom stereocenters. The van der Waals surface area contributed by atoms with Crippen LogP contribution in [0.2, 0.25) is 0 Å². The number of esters is 1. The van der Waals surface area contributed by atoms with Gasteiger partial charge in [0.15, 0.2) is 0 Å². The molecule has 1 heterocycles. The smallest absolute Gasteiger partial charge is 0.326 e. The highest BCUT2D eigenvalue weighted by molar-refractivity contribution is 7.92. The Balaban J connectivity index is 2.27. The van der Waals surface area contributed by atoms with E-state index >= 15 is 0 Å². The summed E-state index contributed by atoms with van der Waals surface area (Å²) in [5.74, 6) is -1.95. The Morgan fingerprint density at radius 2 is 2.08 bits per heavy atom. The van der Waals surface area contributed by atoms with E-state index in [9.17, 15) is 23.1 Å². The maximum atomic E-state index is 11.8. The van der Waals surface area contributed by atoms with Crippen LogP contribution in [0.25, 0.3) is 0 Å². The van der Waals surface area contributed by atoms with E-state index < -0.39 is 22.0 Å². The minimum absolute atomic E-state index is 0.00749. The molecule has 1 aromatic carbocycles. The van der Waals surface area contributed by atoms with Crippen molar-refractivity contribution in [1.29, 1.82) is 0 Å². The highest BCUT2D eigenvalue weighted by Crippen LogP contribution is 2.35. The molecule has 132 valence electrons. The molecule has 1 saturated heterocycles. The summed E-state index contributed by atoms with van der Waals surface area (Å²) < 4.78 is 31.3. The van der Waals surface area contributed by atoms with Gasteiger partial charge in [0.25, 0.3) is 5.91 Å². The van der Waals surface area contributed by atoms with Gasteiger partial charge in [0, 0.05) is 0 Å². The van der Waals surface area contributed by atoms with Gasteiger partial charge in [-0.3, -0.25) is 9.59 Å². The van der Waals surface area contributed by atoms with Gasteiger partial charge in [0.05, 0.1) is 18.2 Å². The Kier molecular flexibility index (Phi) is 5.02. The summed E-state index contributed by atoms with van der Waals surface area (Å²) in [6.45, 7) is 5.16. The maximum Gasteiger partial charge on any atom is 0.326 e. The number of ether oxygens (including phenoxy) is 1. The van der Waals surface area contributed by atoms with Gasteiger partial charge in [0.1, 0.15) is 12.3 Å². The number of nitrogens with one attached hydrogen (secondary N) is 1. The molecule has 0 aliphatic carbocycles. The van der Waals surface area contributed by atoms with Crippen LogP contribution in [-0.2, 0) is 24.5 Å². The lowest BCUT2D eigenvalue weighted by atomic mass is 9.88. The van der Waals surface area contributed by atoms with Crippen molar-refractivity contribution in [2.75, 3.05) is 17.5 Å². The SMILES string of the molecule is CCOC(=O)[C@H](C)[C@H](C)c1ccc(N2CC(=O)NS2(=O)=O)c(O)c1. The largest absolute Gasteiger partial charge is 0.506 e. The number of benzene rings is 1. The average Bonchev–Trinajstić information content (AvgIpc) is 2.78. The molecular weight excluding hydrogens is 336 g/mol. The highest BCUT2D eigenvalue weighted by Gasteiger charge is 2.35. The molecule has 0 unspecified atom stereocenters. The Labute approximate surface area is 140 Å². The molecule has 2 N–H and O–H groups in total. The molecule has 8 nitrogen and oxygen atoms in total. The lowest BCUT2D eigenvalue weighted by molar-refractivity contribution is -0.148. The van der Waals surface area contributed by atoms with Crippen molar-refractivity contribution in [2.24, 2.45) is 5.92 Å². The van der Waals surface area contributed by atoms with E-state index in [1.165, 1.54) is 12.1 Å². The monoisotopic (exact) mass is 356 g/mol. The first kappa shape index (κ1) is 18.1. The van der Waals surface area contributed by atoms with Gasteiger partial charge < -0.3 is 9.84 Å². The zero-order chi connectivity index (χ0) is 18.1. The molecule has 1 amide bonds. The van der Waals surface area contributed by atoms with Crippen LogP contribution < -0.4 is 9.03 Å². The second kappa shape index (κ2) is 6.68. The van der Waals surface area contributed by atoms with E-state index in [2.05, 4.69) is 0 Å². The van der Waals surface area contributed by atoms with Crippen LogP contribution in [0.3, 0.4) is 0 Å². The van der Waals surface area contributed by atoms with Gasteiger partial charge in [-0.1, -0.05) is 19.9 Å². The number of phenolic OH excluding ortho intramolecular Hbond substituents is 1. The third kappa shape index (κ3) is 3.45. The van der Waals surface area contributed by atoms with Crippen molar-refractivity contribution in [3.63, 3.8) is 0 Å². The van der Waals surface area contributed by atoms with Crippen LogP contribution in [-0.4, -0.2) is 38.6 Å². The third-order valence-electron chi connectivity index (χ3n) is 4.02. The maximum absolute atomic E-state index is 11.8. The van der Waals surface area contributed by atoms with E-state index in [-0.39, 0.29) is 36.5 Å². The van der Waals surface area contributed by atoms with Gasteiger partial charge in [-0.05, 0) is 30.5 Å². The van der Waals surface area contributed by atoms with Crippen molar-refractivity contribution in [3.8, 4) is 5.75 Å². The molecule has 2 rings (SSSR count). The minimum Gasteiger partial charge on any atom is -0.506 e. The first-order valence-corrected chi connectivity index (χ1v) is 8.94. The standard InChI is InChI=1S/C15H20N2O6S/c1-4-23-15(20)10(3)9(2)11-5-6-12(13(18)7-11)17-8-14(19)16-24(17,21)22/h5-7,9-10,18H,4,8H2,1-3H3,(H,16,19)/t9-,10+/m0/s1. The molecule has 0 bridgehead atoms. The van der Waals surface area contributed by atoms with Gasteiger partial charge in [-0.15, -0.1) is 0 Å². The number of hydrogen-bond acceptors (Lipinski definition) is 6. The fraction of sp³-hybridized carbons (Fsp3) is 0.467. The topological polar surface area (TPSA) is 113 Å². The predicted octanol–water partition coefficient (Wildman–Crippen LogP) is 0.876. The van der Waals surface area contributed by atoms with E-state index in [0.29, 0.717) is 5.56 Å². The minimum atomic E-state index is -3.98. The van der Waals surface area contributed by atoms with Crippen LogP contribution >= 0.6 is 0 Å². The fourth-order valence-electron chi connectivity index (χ4n) is 2.46. The van der Waals surface area contributed by atoms with Crippen molar-refractivity contribution in [1.82, 2.24) is 4.72 Å². The lowest BCUT2D eigenvalue weighted by Gasteiger charge is -2.21. The number of amides is 1. The number of phenols is 1. The van der Waals surface area contributed by atoms with Crippen LogP contribution in [0.5, 0.6) is 5.75 Å². The van der Waals surface area contributed by atoms with Crippen molar-refractivity contribution in [3.05, 3.63) is 23.8 Å². The predicted molar refractivity (Wildman–Crippen MR) is 86.7 cm³/mol. The van der Waals surface area contributed by atoms with Crippen LogP contribution in [0.1, 0.15) is 32.3 Å². The average molecular weight is 356 g/mol. The summed E-state index contributed by atoms with van der Waals surface area (Å²) in [4.78, 5) is 23.1. The number of anilines is 1. The lowest BCUT2D eigenvalue weighted by Crippen LogP contribution is -2.29. The first-order valence-electron chi connectivity index (χ1n) is 7.50. The number of carbonyl (C=O) groups excluding carboxylic acids is 2. The van der Waals surface area contributed by atoms with Gasteiger partial charge in [-0.25, -0.2) is 9.03 Å². The Morgan fingerprint density at radius 3 is 2.58 bits per heavy atom. The molecule has 0 radical (unpaired) electrons. The highest BCUT2D eigenvalue weighted by atomic mass is 32.2. The molecule has 24 heavy (non-hydrogen) atoms. The zero-order valence-electron chi connectivity index (χ0n) is 13.6. The Morgan fingerprint density at radius 1 is 1.42 bits per heavy atom. The number of aromatic hydroxyl groups is 1. The normalized spacial score (nSPS) is 18.8. The Hall–Kier alpha value is -2.29. The second-order valence-electron chi connectivity index (χ2n) is 5.61. The zero-order valence-corrected chi connectivity index (χ0v) is 14.5. The van der Waals surface area contributed by atoms with Crippen molar-refractivity contribution in [2.45, 2.75) is 26.7 Å². The van der Waals surface area contributed by atoms with E-state index in [4.69, 9.17) is 4.74 Å². The number of nitrogens with zero attached hydrogens (tertiary/aromatic N) is 1. The van der Waals surface area contributed by atoms with Gasteiger partial charge >= 0.3 is 16.2 Å². The molecule has 1 fully saturated rings. The summed E-state index contributed by atoms with van der Waals surface area (Å²) in [6.07, 6.45) is 0. The molecule has 9 heteroatoms. The summed E-state index contributed by atoms with van der Waals surface area (Å²) in [5.41, 5.74) is 0.667.